The molecular weight excluding hydrogens is 320 g/mol. The molecule has 0 bridgehead atoms. The third kappa shape index (κ3) is 4.65. The minimum absolute atomic E-state index is 0.0423. The summed E-state index contributed by atoms with van der Waals surface area (Å²) >= 11 is 0. The van der Waals surface area contributed by atoms with E-state index in [2.05, 4.69) is 5.32 Å². The van der Waals surface area contributed by atoms with E-state index < -0.39 is 5.97 Å². The average Bonchev–Trinajstić information content (AvgIpc) is 2.63. The predicted molar refractivity (Wildman–Crippen MR) is 95.7 cm³/mol. The van der Waals surface area contributed by atoms with Gasteiger partial charge in [-0.1, -0.05) is 25.1 Å². The Morgan fingerprint density at radius 3 is 2.48 bits per heavy atom. The molecule has 6 heteroatoms. The number of hydrogen-bond acceptors (Lipinski definition) is 3. The third-order valence-electron chi connectivity index (χ3n) is 5.08. The van der Waals surface area contributed by atoms with Gasteiger partial charge in [-0.2, -0.15) is 0 Å². The number of amides is 2. The van der Waals surface area contributed by atoms with Gasteiger partial charge in [-0.25, -0.2) is 4.79 Å². The molecule has 1 aliphatic rings. The molecule has 1 saturated carbocycles. The van der Waals surface area contributed by atoms with Crippen molar-refractivity contribution in [1.29, 1.82) is 0 Å². The lowest BCUT2D eigenvalue weighted by Gasteiger charge is -2.32. The van der Waals surface area contributed by atoms with Crippen LogP contribution in [0.3, 0.4) is 0 Å². The summed E-state index contributed by atoms with van der Waals surface area (Å²) in [6.07, 6.45) is 3.43. The van der Waals surface area contributed by atoms with Crippen LogP contribution in [0.25, 0.3) is 0 Å². The molecule has 0 aromatic heterocycles. The summed E-state index contributed by atoms with van der Waals surface area (Å²) in [4.78, 5) is 25.4. The van der Waals surface area contributed by atoms with Crippen LogP contribution < -0.4 is 10.1 Å². The largest absolute Gasteiger partial charge is 0.496 e. The molecule has 1 atom stereocenters. The molecular formula is C19H28N2O4. The number of carboxylic acids is 1. The molecule has 25 heavy (non-hydrogen) atoms. The molecule has 2 rings (SSSR count). The molecule has 0 aliphatic heterocycles. The standard InChI is InChI=1S/C19H28N2O4/c1-4-16(15-7-5-6-8-17(15)25-3)21(2)19(24)20-14-11-9-13(10-12-14)18(22)23/h5-8,13-14,16H,4,9-12H2,1-3H3,(H,20,24)(H,22,23). The van der Waals surface area contributed by atoms with Crippen LogP contribution in [0, 0.1) is 5.92 Å². The van der Waals surface area contributed by atoms with E-state index in [9.17, 15) is 9.59 Å². The van der Waals surface area contributed by atoms with E-state index in [-0.39, 0.29) is 24.0 Å². The van der Waals surface area contributed by atoms with Crippen molar-refractivity contribution in [3.8, 4) is 5.75 Å². The Morgan fingerprint density at radius 1 is 1.28 bits per heavy atom. The second kappa shape index (κ2) is 8.74. The lowest BCUT2D eigenvalue weighted by molar-refractivity contribution is -0.142. The lowest BCUT2D eigenvalue weighted by atomic mass is 9.86. The number of carboxylic acid groups (broad SMARTS) is 1. The summed E-state index contributed by atoms with van der Waals surface area (Å²) in [6, 6.07) is 7.57. The minimum atomic E-state index is -0.732. The van der Waals surface area contributed by atoms with E-state index in [1.165, 1.54) is 0 Å². The number of hydrogen-bond donors (Lipinski definition) is 2. The molecule has 1 aromatic rings. The van der Waals surface area contributed by atoms with Crippen molar-refractivity contribution in [3.05, 3.63) is 29.8 Å². The Hall–Kier alpha value is -2.24. The van der Waals surface area contributed by atoms with Gasteiger partial charge in [0.25, 0.3) is 0 Å². The Kier molecular flexibility index (Phi) is 6.67. The summed E-state index contributed by atoms with van der Waals surface area (Å²) in [5.41, 5.74) is 0.986. The number of benzene rings is 1. The van der Waals surface area contributed by atoms with Gasteiger partial charge in [0.2, 0.25) is 0 Å². The van der Waals surface area contributed by atoms with Gasteiger partial charge in [0.15, 0.2) is 0 Å². The van der Waals surface area contributed by atoms with Gasteiger partial charge < -0.3 is 20.1 Å². The fourth-order valence-corrected chi connectivity index (χ4v) is 3.55. The molecule has 0 saturated heterocycles. The summed E-state index contributed by atoms with van der Waals surface area (Å²) in [5.74, 6) is -0.233. The van der Waals surface area contributed by atoms with Crippen molar-refractivity contribution in [1.82, 2.24) is 10.2 Å². The molecule has 0 radical (unpaired) electrons. The van der Waals surface area contributed by atoms with Crippen molar-refractivity contribution >= 4 is 12.0 Å². The van der Waals surface area contributed by atoms with Crippen LogP contribution in [-0.4, -0.2) is 42.2 Å². The van der Waals surface area contributed by atoms with Crippen LogP contribution in [0.2, 0.25) is 0 Å². The van der Waals surface area contributed by atoms with Crippen LogP contribution in [0.4, 0.5) is 4.79 Å². The molecule has 2 N–H and O–H groups in total. The number of aliphatic carboxylic acids is 1. The number of nitrogens with one attached hydrogen (secondary N) is 1. The minimum Gasteiger partial charge on any atom is -0.496 e. The van der Waals surface area contributed by atoms with Crippen LogP contribution in [-0.2, 0) is 4.79 Å². The zero-order valence-corrected chi connectivity index (χ0v) is 15.2. The average molecular weight is 348 g/mol. The number of urea groups is 1. The topological polar surface area (TPSA) is 78.9 Å². The lowest BCUT2D eigenvalue weighted by Crippen LogP contribution is -2.46. The highest BCUT2D eigenvalue weighted by Gasteiger charge is 2.29. The van der Waals surface area contributed by atoms with E-state index in [4.69, 9.17) is 9.84 Å². The van der Waals surface area contributed by atoms with E-state index in [1.54, 1.807) is 19.1 Å². The van der Waals surface area contributed by atoms with Gasteiger partial charge in [-0.05, 0) is 38.2 Å². The highest BCUT2D eigenvalue weighted by molar-refractivity contribution is 5.75. The van der Waals surface area contributed by atoms with Crippen LogP contribution in [0.15, 0.2) is 24.3 Å². The highest BCUT2D eigenvalue weighted by Crippen LogP contribution is 2.31. The number of ether oxygens (including phenoxy) is 1. The van der Waals surface area contributed by atoms with Crippen molar-refractivity contribution in [3.63, 3.8) is 0 Å². The monoisotopic (exact) mass is 348 g/mol. The van der Waals surface area contributed by atoms with Crippen molar-refractivity contribution in [2.45, 2.75) is 51.1 Å². The Morgan fingerprint density at radius 2 is 1.92 bits per heavy atom. The van der Waals surface area contributed by atoms with E-state index in [1.807, 2.05) is 31.2 Å². The summed E-state index contributed by atoms with van der Waals surface area (Å²) in [6.45, 7) is 2.04. The van der Waals surface area contributed by atoms with Crippen LogP contribution in [0.1, 0.15) is 50.6 Å². The molecule has 0 heterocycles. The zero-order valence-electron chi connectivity index (χ0n) is 15.2. The number of methoxy groups -OCH3 is 1. The molecule has 2 amide bonds. The Labute approximate surface area is 149 Å². The number of carbonyl (C=O) groups excluding carboxylic acids is 1. The first-order valence-electron chi connectivity index (χ1n) is 8.86. The van der Waals surface area contributed by atoms with Crippen LogP contribution in [0.5, 0.6) is 5.75 Å². The van der Waals surface area contributed by atoms with Crippen molar-refractivity contribution in [2.24, 2.45) is 5.92 Å². The van der Waals surface area contributed by atoms with Gasteiger partial charge in [-0.15, -0.1) is 0 Å². The molecule has 1 aliphatic carbocycles. The number of carbonyl (C=O) groups is 2. The summed E-state index contributed by atoms with van der Waals surface area (Å²) in [5, 5.41) is 12.1. The summed E-state index contributed by atoms with van der Waals surface area (Å²) in [7, 11) is 3.42. The van der Waals surface area contributed by atoms with Gasteiger partial charge in [0, 0.05) is 18.7 Å². The molecule has 1 unspecified atom stereocenters. The third-order valence-corrected chi connectivity index (χ3v) is 5.08. The van der Waals surface area contributed by atoms with E-state index in [0.29, 0.717) is 25.7 Å². The van der Waals surface area contributed by atoms with Gasteiger partial charge >= 0.3 is 12.0 Å². The number of rotatable bonds is 6. The first kappa shape index (κ1) is 19.1. The first-order chi connectivity index (χ1) is 12.0. The van der Waals surface area contributed by atoms with E-state index >= 15 is 0 Å². The molecule has 138 valence electrons. The fourth-order valence-electron chi connectivity index (χ4n) is 3.55. The second-order valence-electron chi connectivity index (χ2n) is 6.61. The smallest absolute Gasteiger partial charge is 0.317 e. The first-order valence-corrected chi connectivity index (χ1v) is 8.86. The molecule has 1 fully saturated rings. The van der Waals surface area contributed by atoms with Gasteiger partial charge in [0.1, 0.15) is 5.75 Å². The predicted octanol–water partition coefficient (Wildman–Crippen LogP) is 3.43. The quantitative estimate of drug-likeness (QED) is 0.825. The Balaban J connectivity index is 1.99. The fraction of sp³-hybridized carbons (Fsp3) is 0.579. The summed E-state index contributed by atoms with van der Waals surface area (Å²) < 4.78 is 5.43. The maximum absolute atomic E-state index is 12.7. The SMILES string of the molecule is CCC(c1ccccc1OC)N(C)C(=O)NC1CCC(C(=O)O)CC1. The van der Waals surface area contributed by atoms with E-state index in [0.717, 1.165) is 17.7 Å². The maximum atomic E-state index is 12.7. The van der Waals surface area contributed by atoms with Gasteiger partial charge in [0.05, 0.1) is 19.1 Å². The van der Waals surface area contributed by atoms with Crippen LogP contribution >= 0.6 is 0 Å². The second-order valence-corrected chi connectivity index (χ2v) is 6.61. The maximum Gasteiger partial charge on any atom is 0.317 e. The normalized spacial score (nSPS) is 21.2. The highest BCUT2D eigenvalue weighted by atomic mass is 16.5. The number of para-hydroxylation sites is 1. The van der Waals surface area contributed by atoms with Gasteiger partial charge in [-0.3, -0.25) is 4.79 Å². The molecule has 0 spiro atoms. The zero-order chi connectivity index (χ0) is 18.4. The van der Waals surface area contributed by atoms with Crippen molar-refractivity contribution < 1.29 is 19.4 Å². The van der Waals surface area contributed by atoms with Crippen molar-refractivity contribution in [2.75, 3.05) is 14.2 Å². The Bertz CT molecular complexity index is 597. The molecule has 6 nitrogen and oxygen atoms in total. The molecule has 1 aromatic carbocycles. The number of nitrogens with zero attached hydrogens (tertiary/aromatic N) is 1.